The Morgan fingerprint density at radius 2 is 2.31 bits per heavy atom. The zero-order valence-electron chi connectivity index (χ0n) is 8.80. The summed E-state index contributed by atoms with van der Waals surface area (Å²) in [5, 5.41) is 3.44. The van der Waals surface area contributed by atoms with Gasteiger partial charge in [-0.1, -0.05) is 19.9 Å². The topological polar surface area (TPSA) is 38.0 Å². The zero-order chi connectivity index (χ0) is 9.84. The first-order valence-electron chi connectivity index (χ1n) is 4.96. The van der Waals surface area contributed by atoms with E-state index in [0.29, 0.717) is 12.0 Å². The Bertz CT molecular complexity index is 226. The summed E-state index contributed by atoms with van der Waals surface area (Å²) in [5.74, 6) is 0.620. The van der Waals surface area contributed by atoms with Gasteiger partial charge in [-0.25, -0.2) is 0 Å². The molecule has 0 aromatic rings. The average Bonchev–Trinajstić information content (AvgIpc) is 2.07. The highest BCUT2D eigenvalue weighted by Crippen LogP contribution is 2.19. The van der Waals surface area contributed by atoms with Gasteiger partial charge in [0.1, 0.15) is 0 Å². The van der Waals surface area contributed by atoms with Gasteiger partial charge in [-0.05, 0) is 30.9 Å². The molecule has 2 nitrogen and oxygen atoms in total. The van der Waals surface area contributed by atoms with Gasteiger partial charge in [-0.15, -0.1) is 0 Å². The maximum atomic E-state index is 5.77. The Hall–Kier alpha value is -0.760. The summed E-state index contributed by atoms with van der Waals surface area (Å²) in [4.78, 5) is 0. The van der Waals surface area contributed by atoms with Crippen LogP contribution in [0.5, 0.6) is 0 Å². The lowest BCUT2D eigenvalue weighted by atomic mass is 9.93. The van der Waals surface area contributed by atoms with Crippen molar-refractivity contribution in [2.75, 3.05) is 6.54 Å². The Balaban J connectivity index is 2.38. The van der Waals surface area contributed by atoms with Crippen molar-refractivity contribution in [1.29, 1.82) is 0 Å². The van der Waals surface area contributed by atoms with Gasteiger partial charge < -0.3 is 11.1 Å². The van der Waals surface area contributed by atoms with E-state index in [0.717, 1.165) is 18.7 Å². The van der Waals surface area contributed by atoms with Crippen LogP contribution in [0.3, 0.4) is 0 Å². The molecule has 0 aromatic heterocycles. The Labute approximate surface area is 80.9 Å². The molecule has 3 N–H and O–H groups in total. The van der Waals surface area contributed by atoms with Crippen LogP contribution in [0, 0.1) is 5.92 Å². The molecule has 2 heteroatoms. The molecule has 0 spiro atoms. The molecule has 1 aliphatic carbocycles. The predicted octanol–water partition coefficient (Wildman–Crippen LogP) is 1.79. The Morgan fingerprint density at radius 3 is 2.85 bits per heavy atom. The van der Waals surface area contributed by atoms with Crippen LogP contribution in [0.1, 0.15) is 27.2 Å². The monoisotopic (exact) mass is 180 g/mol. The molecule has 0 amide bonds. The molecule has 1 aliphatic rings. The van der Waals surface area contributed by atoms with Gasteiger partial charge in [0.2, 0.25) is 0 Å². The third-order valence-corrected chi connectivity index (χ3v) is 2.40. The molecule has 0 aliphatic heterocycles. The molecular formula is C11H20N2. The largest absolute Gasteiger partial charge is 0.399 e. The molecule has 1 unspecified atom stereocenters. The fourth-order valence-corrected chi connectivity index (χ4v) is 1.49. The van der Waals surface area contributed by atoms with Crippen molar-refractivity contribution < 1.29 is 0 Å². The Morgan fingerprint density at radius 1 is 1.62 bits per heavy atom. The third-order valence-electron chi connectivity index (χ3n) is 2.40. The highest BCUT2D eigenvalue weighted by molar-refractivity contribution is 5.26. The highest BCUT2D eigenvalue weighted by Gasteiger charge is 2.11. The molecule has 0 bridgehead atoms. The third kappa shape index (κ3) is 3.23. The van der Waals surface area contributed by atoms with E-state index in [4.69, 9.17) is 5.73 Å². The SMILES string of the molecule is CC1=C(N)C=CC(CNC(C)C)C1. The second kappa shape index (κ2) is 4.47. The second-order valence-electron chi connectivity index (χ2n) is 4.12. The maximum Gasteiger partial charge on any atom is 0.0300 e. The highest BCUT2D eigenvalue weighted by atomic mass is 14.9. The van der Waals surface area contributed by atoms with Crippen LogP contribution < -0.4 is 11.1 Å². The molecular weight excluding hydrogens is 160 g/mol. The molecule has 1 atom stereocenters. The van der Waals surface area contributed by atoms with Gasteiger partial charge in [0.05, 0.1) is 0 Å². The lowest BCUT2D eigenvalue weighted by Gasteiger charge is -2.20. The minimum absolute atomic E-state index is 0.567. The van der Waals surface area contributed by atoms with Gasteiger partial charge in [-0.2, -0.15) is 0 Å². The summed E-state index contributed by atoms with van der Waals surface area (Å²) in [6.07, 6.45) is 5.34. The molecule has 0 radical (unpaired) electrons. The summed E-state index contributed by atoms with van der Waals surface area (Å²) >= 11 is 0. The van der Waals surface area contributed by atoms with E-state index in [2.05, 4.69) is 32.2 Å². The number of hydrogen-bond donors (Lipinski definition) is 2. The van der Waals surface area contributed by atoms with Crippen molar-refractivity contribution in [3.8, 4) is 0 Å². The number of hydrogen-bond acceptors (Lipinski definition) is 2. The minimum Gasteiger partial charge on any atom is -0.399 e. The first kappa shape index (κ1) is 10.3. The molecule has 0 saturated heterocycles. The lowest BCUT2D eigenvalue weighted by Crippen LogP contribution is -2.29. The number of allylic oxidation sites excluding steroid dienone is 2. The van der Waals surface area contributed by atoms with Crippen LogP contribution in [-0.2, 0) is 0 Å². The standard InChI is InChI=1S/C11H20N2/c1-8(2)13-7-10-4-5-11(12)9(3)6-10/h4-5,8,10,13H,6-7,12H2,1-3H3. The van der Waals surface area contributed by atoms with Crippen molar-refractivity contribution in [2.45, 2.75) is 33.2 Å². The lowest BCUT2D eigenvalue weighted by molar-refractivity contribution is 0.503. The summed E-state index contributed by atoms with van der Waals surface area (Å²) in [5.41, 5.74) is 8.03. The first-order valence-corrected chi connectivity index (χ1v) is 4.96. The van der Waals surface area contributed by atoms with E-state index in [1.54, 1.807) is 0 Å². The summed E-state index contributed by atoms with van der Waals surface area (Å²) in [6.45, 7) is 7.51. The van der Waals surface area contributed by atoms with Crippen molar-refractivity contribution in [3.05, 3.63) is 23.4 Å². The Kier molecular flexibility index (Phi) is 3.55. The van der Waals surface area contributed by atoms with Crippen molar-refractivity contribution >= 4 is 0 Å². The normalized spacial score (nSPS) is 22.9. The maximum absolute atomic E-state index is 5.77. The van der Waals surface area contributed by atoms with E-state index < -0.39 is 0 Å². The van der Waals surface area contributed by atoms with Crippen LogP contribution in [-0.4, -0.2) is 12.6 Å². The molecule has 0 aromatic carbocycles. The summed E-state index contributed by atoms with van der Waals surface area (Å²) in [6, 6.07) is 0.567. The van der Waals surface area contributed by atoms with Crippen LogP contribution in [0.2, 0.25) is 0 Å². The molecule has 1 rings (SSSR count). The van der Waals surface area contributed by atoms with Gasteiger partial charge in [0, 0.05) is 18.3 Å². The van der Waals surface area contributed by atoms with Gasteiger partial charge in [-0.3, -0.25) is 0 Å². The van der Waals surface area contributed by atoms with E-state index in [1.165, 1.54) is 5.57 Å². The number of nitrogens with two attached hydrogens (primary N) is 1. The molecule has 0 saturated carbocycles. The number of rotatable bonds is 3. The fraction of sp³-hybridized carbons (Fsp3) is 0.636. The van der Waals surface area contributed by atoms with Crippen LogP contribution >= 0.6 is 0 Å². The number of nitrogens with one attached hydrogen (secondary N) is 1. The van der Waals surface area contributed by atoms with Crippen LogP contribution in [0.4, 0.5) is 0 Å². The second-order valence-corrected chi connectivity index (χ2v) is 4.12. The quantitative estimate of drug-likeness (QED) is 0.695. The summed E-state index contributed by atoms with van der Waals surface area (Å²) < 4.78 is 0. The van der Waals surface area contributed by atoms with Crippen molar-refractivity contribution in [2.24, 2.45) is 11.7 Å². The molecule has 13 heavy (non-hydrogen) atoms. The zero-order valence-corrected chi connectivity index (χ0v) is 8.80. The van der Waals surface area contributed by atoms with E-state index in [1.807, 2.05) is 6.08 Å². The van der Waals surface area contributed by atoms with Gasteiger partial charge in [0.15, 0.2) is 0 Å². The minimum atomic E-state index is 0.567. The van der Waals surface area contributed by atoms with Crippen molar-refractivity contribution in [3.63, 3.8) is 0 Å². The van der Waals surface area contributed by atoms with E-state index >= 15 is 0 Å². The predicted molar refractivity (Wildman–Crippen MR) is 57.3 cm³/mol. The van der Waals surface area contributed by atoms with Crippen LogP contribution in [0.15, 0.2) is 23.4 Å². The smallest absolute Gasteiger partial charge is 0.0300 e. The molecule has 0 heterocycles. The summed E-state index contributed by atoms with van der Waals surface area (Å²) in [7, 11) is 0. The van der Waals surface area contributed by atoms with Gasteiger partial charge >= 0.3 is 0 Å². The van der Waals surface area contributed by atoms with Crippen molar-refractivity contribution in [1.82, 2.24) is 5.32 Å². The molecule has 0 fully saturated rings. The fourth-order valence-electron chi connectivity index (χ4n) is 1.49. The van der Waals surface area contributed by atoms with Crippen LogP contribution in [0.25, 0.3) is 0 Å². The van der Waals surface area contributed by atoms with E-state index in [-0.39, 0.29) is 0 Å². The average molecular weight is 180 g/mol. The van der Waals surface area contributed by atoms with E-state index in [9.17, 15) is 0 Å². The van der Waals surface area contributed by atoms with Gasteiger partial charge in [0.25, 0.3) is 0 Å². The molecule has 74 valence electrons. The first-order chi connectivity index (χ1) is 6.09.